The Morgan fingerprint density at radius 3 is 2.49 bits per heavy atom. The second-order valence-electron chi connectivity index (χ2n) is 8.94. The summed E-state index contributed by atoms with van der Waals surface area (Å²) in [4.78, 5) is 24.9. The minimum atomic E-state index is -0.361. The predicted octanol–water partition coefficient (Wildman–Crippen LogP) is 4.00. The van der Waals surface area contributed by atoms with Crippen LogP contribution in [0.5, 0.6) is 5.75 Å². The van der Waals surface area contributed by atoms with Crippen molar-refractivity contribution in [2.75, 3.05) is 19.1 Å². The maximum atomic E-state index is 13.5. The van der Waals surface area contributed by atoms with Gasteiger partial charge in [0.2, 0.25) is 11.7 Å². The molecule has 0 aliphatic heterocycles. The van der Waals surface area contributed by atoms with Gasteiger partial charge >= 0.3 is 0 Å². The molecule has 0 aliphatic rings. The lowest BCUT2D eigenvalue weighted by atomic mass is 9.96. The van der Waals surface area contributed by atoms with Crippen LogP contribution in [0.15, 0.2) is 88.1 Å². The van der Waals surface area contributed by atoms with Crippen molar-refractivity contribution in [2.45, 2.75) is 6.04 Å². The number of para-hydroxylation sites is 2. The van der Waals surface area contributed by atoms with Crippen LogP contribution in [0, 0.1) is 0 Å². The fourth-order valence-corrected chi connectivity index (χ4v) is 4.72. The van der Waals surface area contributed by atoms with Crippen molar-refractivity contribution in [3.8, 4) is 28.7 Å². The molecule has 6 rings (SSSR count). The normalized spacial score (nSPS) is 12.0. The molecule has 3 aromatic carbocycles. The number of hydrogen-bond donors (Lipinski definition) is 1. The lowest BCUT2D eigenvalue weighted by Gasteiger charge is -2.31. The molecule has 0 saturated heterocycles. The molecule has 3 heterocycles. The van der Waals surface area contributed by atoms with Crippen LogP contribution >= 0.6 is 0 Å². The van der Waals surface area contributed by atoms with E-state index in [0.29, 0.717) is 22.9 Å². The molecule has 11 nitrogen and oxygen atoms in total. The Labute approximate surface area is 222 Å². The Balaban J connectivity index is 1.52. The number of fused-ring (bicyclic) bond motifs is 1. The van der Waals surface area contributed by atoms with Gasteiger partial charge in [-0.15, -0.1) is 5.10 Å². The van der Waals surface area contributed by atoms with Crippen LogP contribution in [-0.2, 0) is 7.05 Å². The van der Waals surface area contributed by atoms with Gasteiger partial charge in [-0.25, -0.2) is 15.1 Å². The minimum Gasteiger partial charge on any atom is -0.489 e. The Morgan fingerprint density at radius 2 is 1.74 bits per heavy atom. The molecule has 0 radical (unpaired) electrons. The molecule has 0 spiro atoms. The van der Waals surface area contributed by atoms with E-state index in [9.17, 15) is 4.79 Å². The van der Waals surface area contributed by atoms with E-state index in [1.807, 2.05) is 90.8 Å². The number of benzene rings is 3. The number of nitrogens with one attached hydrogen (secondary N) is 1. The molecule has 6 aromatic rings. The van der Waals surface area contributed by atoms with Crippen LogP contribution in [0.25, 0.3) is 34.1 Å². The molecule has 1 unspecified atom stereocenters. The lowest BCUT2D eigenvalue weighted by molar-refractivity contribution is 0.401. The van der Waals surface area contributed by atoms with E-state index >= 15 is 0 Å². The Kier molecular flexibility index (Phi) is 6.08. The summed E-state index contributed by atoms with van der Waals surface area (Å²) in [6.07, 6.45) is 0. The van der Waals surface area contributed by atoms with E-state index in [0.717, 1.165) is 16.7 Å². The van der Waals surface area contributed by atoms with Crippen LogP contribution in [0.3, 0.4) is 0 Å². The van der Waals surface area contributed by atoms with E-state index in [4.69, 9.17) is 14.1 Å². The first-order chi connectivity index (χ1) is 19.0. The highest BCUT2D eigenvalue weighted by molar-refractivity contribution is 5.76. The zero-order valence-corrected chi connectivity index (χ0v) is 21.4. The fraction of sp³-hybridized carbons (Fsp3) is 0.143. The second-order valence-corrected chi connectivity index (χ2v) is 8.94. The molecule has 0 bridgehead atoms. The van der Waals surface area contributed by atoms with Gasteiger partial charge in [0, 0.05) is 19.7 Å². The number of methoxy groups -OCH3 is 1. The van der Waals surface area contributed by atoms with Crippen molar-refractivity contribution in [1.82, 2.24) is 35.2 Å². The van der Waals surface area contributed by atoms with E-state index in [-0.39, 0.29) is 28.9 Å². The maximum Gasteiger partial charge on any atom is 0.297 e. The molecule has 0 amide bonds. The van der Waals surface area contributed by atoms with E-state index in [1.165, 1.54) is 11.7 Å². The van der Waals surface area contributed by atoms with Crippen molar-refractivity contribution in [1.29, 1.82) is 0 Å². The van der Waals surface area contributed by atoms with Gasteiger partial charge in [0.05, 0.1) is 13.2 Å². The van der Waals surface area contributed by atoms with Crippen LogP contribution in [0.2, 0.25) is 0 Å². The zero-order valence-electron chi connectivity index (χ0n) is 21.4. The van der Waals surface area contributed by atoms with Gasteiger partial charge < -0.3 is 14.1 Å². The van der Waals surface area contributed by atoms with Crippen molar-refractivity contribution in [3.63, 3.8) is 0 Å². The van der Waals surface area contributed by atoms with Crippen LogP contribution < -0.4 is 15.2 Å². The summed E-state index contributed by atoms with van der Waals surface area (Å²) in [7, 11) is 4.99. The van der Waals surface area contributed by atoms with Crippen molar-refractivity contribution >= 4 is 17.0 Å². The molecule has 0 saturated carbocycles. The summed E-state index contributed by atoms with van der Waals surface area (Å²) in [5.41, 5.74) is 3.90. The topological polar surface area (TPSA) is 128 Å². The third-order valence-electron chi connectivity index (χ3n) is 6.57. The number of tetrazole rings is 1. The first-order valence-electron chi connectivity index (χ1n) is 12.2. The van der Waals surface area contributed by atoms with Crippen LogP contribution in [0.1, 0.15) is 17.2 Å². The summed E-state index contributed by atoms with van der Waals surface area (Å²) in [5.74, 6) is 1.21. The highest BCUT2D eigenvalue weighted by atomic mass is 16.5. The number of H-pyrrole nitrogens is 1. The smallest absolute Gasteiger partial charge is 0.297 e. The Bertz CT molecular complexity index is 1780. The van der Waals surface area contributed by atoms with Gasteiger partial charge in [-0.3, -0.25) is 9.36 Å². The number of aromatic nitrogens is 7. The molecule has 0 aliphatic carbocycles. The quantitative estimate of drug-likeness (QED) is 0.332. The monoisotopic (exact) mass is 520 g/mol. The highest BCUT2D eigenvalue weighted by Crippen LogP contribution is 2.35. The molecule has 0 fully saturated rings. The second kappa shape index (κ2) is 9.86. The van der Waals surface area contributed by atoms with Gasteiger partial charge in [-0.05, 0) is 39.8 Å². The standard InChI is InChI=1S/C28H24N8O3/c1-35(23(17-10-5-4-6-11-17)18-12-9-13-19(16-18)25-31-33-34-32-25)28-30-22(24(38-3)27(37)36(28)2)26-29-20-14-7-8-15-21(20)39-26/h4-16,23H,1-3H3,(H,31,32,33,34). The number of aromatic amines is 1. The molecule has 1 N–H and O–H groups in total. The summed E-state index contributed by atoms with van der Waals surface area (Å²) in [6, 6.07) is 25.0. The molecule has 11 heteroatoms. The molecule has 3 aromatic heterocycles. The molecule has 1 atom stereocenters. The summed E-state index contributed by atoms with van der Waals surface area (Å²) in [5, 5.41) is 14.3. The number of anilines is 1. The first kappa shape index (κ1) is 24.0. The SMILES string of the molecule is COc1c(-c2nc3ccccc3o2)nc(N(C)C(c2ccccc2)c2cccc(-c3nnn[nH]3)c2)n(C)c1=O. The predicted molar refractivity (Wildman–Crippen MR) is 145 cm³/mol. The van der Waals surface area contributed by atoms with Crippen molar-refractivity contribution in [2.24, 2.45) is 7.05 Å². The number of oxazole rings is 1. The Morgan fingerprint density at radius 1 is 0.974 bits per heavy atom. The minimum absolute atomic E-state index is 0.0530. The Hall–Kier alpha value is -5.32. The van der Waals surface area contributed by atoms with Gasteiger partial charge in [-0.1, -0.05) is 60.7 Å². The average molecular weight is 521 g/mol. The van der Waals surface area contributed by atoms with Crippen molar-refractivity contribution < 1.29 is 9.15 Å². The van der Waals surface area contributed by atoms with Gasteiger partial charge in [-0.2, -0.15) is 0 Å². The summed E-state index contributed by atoms with van der Waals surface area (Å²) in [6.45, 7) is 0. The first-order valence-corrected chi connectivity index (χ1v) is 12.2. The van der Waals surface area contributed by atoms with Crippen molar-refractivity contribution in [3.05, 3.63) is 100 Å². The van der Waals surface area contributed by atoms with Crippen LogP contribution in [0.4, 0.5) is 5.95 Å². The van der Waals surface area contributed by atoms with Crippen LogP contribution in [-0.4, -0.2) is 49.3 Å². The number of hydrogen-bond acceptors (Lipinski definition) is 9. The average Bonchev–Trinajstić information content (AvgIpc) is 3.66. The third-order valence-corrected chi connectivity index (χ3v) is 6.57. The summed E-state index contributed by atoms with van der Waals surface area (Å²) < 4.78 is 12.9. The van der Waals surface area contributed by atoms with Gasteiger partial charge in [0.1, 0.15) is 5.52 Å². The largest absolute Gasteiger partial charge is 0.489 e. The number of ether oxygens (including phenoxy) is 1. The zero-order chi connectivity index (χ0) is 26.9. The van der Waals surface area contributed by atoms with Gasteiger partial charge in [0.25, 0.3) is 11.4 Å². The summed E-state index contributed by atoms with van der Waals surface area (Å²) >= 11 is 0. The molecule has 39 heavy (non-hydrogen) atoms. The third kappa shape index (κ3) is 4.29. The van der Waals surface area contributed by atoms with E-state index in [2.05, 4.69) is 25.6 Å². The fourth-order valence-electron chi connectivity index (χ4n) is 4.72. The number of rotatable bonds is 7. The molecule has 194 valence electrons. The molecular formula is C28H24N8O3. The highest BCUT2D eigenvalue weighted by Gasteiger charge is 2.27. The van der Waals surface area contributed by atoms with E-state index in [1.54, 1.807) is 7.05 Å². The van der Waals surface area contributed by atoms with Gasteiger partial charge in [0.15, 0.2) is 17.1 Å². The van der Waals surface area contributed by atoms with E-state index < -0.39 is 0 Å². The maximum absolute atomic E-state index is 13.5. The lowest BCUT2D eigenvalue weighted by Crippen LogP contribution is -2.33. The molecular weight excluding hydrogens is 496 g/mol. The number of nitrogens with zero attached hydrogens (tertiary/aromatic N) is 7.